The van der Waals surface area contributed by atoms with E-state index in [0.717, 1.165) is 0 Å². The number of aliphatic hydroxyl groups is 1. The topological polar surface area (TPSA) is 70.3 Å². The molecule has 1 unspecified atom stereocenters. The Bertz CT molecular complexity index is 460. The van der Waals surface area contributed by atoms with Gasteiger partial charge >= 0.3 is 5.97 Å². The predicted molar refractivity (Wildman–Crippen MR) is 62.2 cm³/mol. The van der Waals surface area contributed by atoms with Gasteiger partial charge in [-0.25, -0.2) is 4.79 Å². The summed E-state index contributed by atoms with van der Waals surface area (Å²) in [5, 5.41) is 18.9. The molecular weight excluding hydrogens is 218 g/mol. The molecule has 0 saturated heterocycles. The third-order valence-electron chi connectivity index (χ3n) is 2.85. The van der Waals surface area contributed by atoms with Gasteiger partial charge in [0.15, 0.2) is 6.10 Å². The Hall–Kier alpha value is -1.86. The molecule has 0 aliphatic rings. The first kappa shape index (κ1) is 13.2. The quantitative estimate of drug-likeness (QED) is 0.800. The number of hydrogen-bond acceptors (Lipinski definition) is 4. The summed E-state index contributed by atoms with van der Waals surface area (Å²) in [7, 11) is 1.22. The Kier molecular flexibility index (Phi) is 3.87. The van der Waals surface area contributed by atoms with E-state index in [-0.39, 0.29) is 0 Å². The van der Waals surface area contributed by atoms with E-state index in [1.165, 1.54) is 7.11 Å². The van der Waals surface area contributed by atoms with Crippen LogP contribution >= 0.6 is 0 Å². The van der Waals surface area contributed by atoms with Gasteiger partial charge in [-0.3, -0.25) is 0 Å². The van der Waals surface area contributed by atoms with Crippen LogP contribution in [0, 0.1) is 11.3 Å². The number of hydrogen-bond donors (Lipinski definition) is 1. The largest absolute Gasteiger partial charge is 0.467 e. The average Bonchev–Trinajstić information content (AvgIpc) is 2.36. The summed E-state index contributed by atoms with van der Waals surface area (Å²) >= 11 is 0. The third kappa shape index (κ3) is 2.45. The van der Waals surface area contributed by atoms with Crippen LogP contribution in [0.1, 0.15) is 25.0 Å². The summed E-state index contributed by atoms with van der Waals surface area (Å²) in [6.07, 6.45) is -1.30. The van der Waals surface area contributed by atoms with Gasteiger partial charge in [0.25, 0.3) is 0 Å². The number of ether oxygens (including phenoxy) is 1. The normalized spacial score (nSPS) is 12.6. The van der Waals surface area contributed by atoms with Crippen LogP contribution in [0.4, 0.5) is 0 Å². The van der Waals surface area contributed by atoms with Gasteiger partial charge in [-0.2, -0.15) is 5.26 Å². The molecule has 1 aromatic rings. The molecule has 4 nitrogen and oxygen atoms in total. The number of benzene rings is 1. The summed E-state index contributed by atoms with van der Waals surface area (Å²) in [5.41, 5.74) is 0.195. The van der Waals surface area contributed by atoms with Crippen molar-refractivity contribution in [2.45, 2.75) is 25.4 Å². The average molecular weight is 233 g/mol. The van der Waals surface area contributed by atoms with Gasteiger partial charge in [-0.15, -0.1) is 0 Å². The van der Waals surface area contributed by atoms with E-state index in [0.29, 0.717) is 11.1 Å². The molecule has 1 atom stereocenters. The summed E-state index contributed by atoms with van der Waals surface area (Å²) in [4.78, 5) is 11.4. The summed E-state index contributed by atoms with van der Waals surface area (Å²) in [6, 6.07) is 8.94. The molecule has 0 heterocycles. The molecule has 4 heteroatoms. The van der Waals surface area contributed by atoms with Gasteiger partial charge in [-0.05, 0) is 11.6 Å². The van der Waals surface area contributed by atoms with E-state index in [1.54, 1.807) is 38.1 Å². The van der Waals surface area contributed by atoms with Crippen molar-refractivity contribution in [3.05, 3.63) is 35.4 Å². The molecule has 0 bridgehead atoms. The number of carbonyl (C=O) groups excluding carboxylic acids is 1. The minimum atomic E-state index is -1.30. The zero-order valence-electron chi connectivity index (χ0n) is 10.1. The molecule has 1 rings (SSSR count). The number of aliphatic hydroxyl groups excluding tert-OH is 1. The Morgan fingerprint density at radius 1 is 1.47 bits per heavy atom. The van der Waals surface area contributed by atoms with E-state index in [9.17, 15) is 9.90 Å². The van der Waals surface area contributed by atoms with Crippen molar-refractivity contribution < 1.29 is 14.6 Å². The molecule has 0 aromatic heterocycles. The van der Waals surface area contributed by atoms with Crippen LogP contribution in [0.25, 0.3) is 0 Å². The Morgan fingerprint density at radius 3 is 2.59 bits per heavy atom. The van der Waals surface area contributed by atoms with E-state index in [4.69, 9.17) is 5.26 Å². The summed E-state index contributed by atoms with van der Waals surface area (Å²) in [5.74, 6) is -0.706. The molecule has 0 aliphatic carbocycles. The Balaban J connectivity index is 3.22. The summed E-state index contributed by atoms with van der Waals surface area (Å²) in [6.45, 7) is 3.40. The van der Waals surface area contributed by atoms with Crippen molar-refractivity contribution in [1.29, 1.82) is 5.26 Å². The number of nitriles is 1. The molecule has 0 saturated carbocycles. The number of esters is 1. The second-order valence-electron chi connectivity index (χ2n) is 4.30. The zero-order chi connectivity index (χ0) is 13.1. The lowest BCUT2D eigenvalue weighted by Gasteiger charge is -2.29. The van der Waals surface area contributed by atoms with Crippen LogP contribution in [-0.2, 0) is 14.9 Å². The van der Waals surface area contributed by atoms with Crippen LogP contribution in [0.5, 0.6) is 0 Å². The first-order valence-corrected chi connectivity index (χ1v) is 5.20. The van der Waals surface area contributed by atoms with E-state index >= 15 is 0 Å². The molecule has 1 aromatic carbocycles. The smallest absolute Gasteiger partial charge is 0.335 e. The number of methoxy groups -OCH3 is 1. The minimum Gasteiger partial charge on any atom is -0.467 e. The highest BCUT2D eigenvalue weighted by molar-refractivity contribution is 5.76. The van der Waals surface area contributed by atoms with Crippen molar-refractivity contribution in [1.82, 2.24) is 0 Å². The molecule has 0 aliphatic heterocycles. The van der Waals surface area contributed by atoms with Crippen LogP contribution in [0.3, 0.4) is 0 Å². The lowest BCUT2D eigenvalue weighted by molar-refractivity contribution is -0.153. The van der Waals surface area contributed by atoms with Gasteiger partial charge in [0, 0.05) is 5.41 Å². The number of rotatable bonds is 3. The van der Waals surface area contributed by atoms with E-state index < -0.39 is 17.5 Å². The van der Waals surface area contributed by atoms with E-state index in [2.05, 4.69) is 10.8 Å². The number of nitrogens with zero attached hydrogens (tertiary/aromatic N) is 1. The molecule has 1 N–H and O–H groups in total. The highest BCUT2D eigenvalue weighted by atomic mass is 16.5. The fourth-order valence-electron chi connectivity index (χ4n) is 1.70. The lowest BCUT2D eigenvalue weighted by atomic mass is 9.77. The van der Waals surface area contributed by atoms with Gasteiger partial charge in [0.1, 0.15) is 0 Å². The van der Waals surface area contributed by atoms with Crippen molar-refractivity contribution in [2.24, 2.45) is 0 Å². The molecule has 0 amide bonds. The number of carbonyl (C=O) groups is 1. The molecule has 0 radical (unpaired) electrons. The van der Waals surface area contributed by atoms with E-state index in [1.807, 2.05) is 0 Å². The van der Waals surface area contributed by atoms with Gasteiger partial charge in [0.2, 0.25) is 0 Å². The molecule has 17 heavy (non-hydrogen) atoms. The zero-order valence-corrected chi connectivity index (χ0v) is 10.1. The first-order valence-electron chi connectivity index (χ1n) is 5.20. The van der Waals surface area contributed by atoms with Crippen LogP contribution < -0.4 is 0 Å². The highest BCUT2D eigenvalue weighted by Gasteiger charge is 2.37. The van der Waals surface area contributed by atoms with Crippen molar-refractivity contribution in [2.75, 3.05) is 7.11 Å². The fourth-order valence-corrected chi connectivity index (χ4v) is 1.70. The second-order valence-corrected chi connectivity index (χ2v) is 4.30. The first-order chi connectivity index (χ1) is 7.95. The van der Waals surface area contributed by atoms with Crippen molar-refractivity contribution in [3.63, 3.8) is 0 Å². The van der Waals surface area contributed by atoms with Crippen LogP contribution in [-0.4, -0.2) is 24.3 Å². The Labute approximate surface area is 100 Å². The SMILES string of the molecule is COC(=O)C(O)C(C)(C)c1ccccc1C#N. The fraction of sp³-hybridized carbons (Fsp3) is 0.385. The van der Waals surface area contributed by atoms with Gasteiger partial charge in [-0.1, -0.05) is 32.0 Å². The van der Waals surface area contributed by atoms with Gasteiger partial charge < -0.3 is 9.84 Å². The highest BCUT2D eigenvalue weighted by Crippen LogP contribution is 2.30. The third-order valence-corrected chi connectivity index (χ3v) is 2.85. The minimum absolute atomic E-state index is 0.445. The van der Waals surface area contributed by atoms with Crippen LogP contribution in [0.2, 0.25) is 0 Å². The molecule has 0 spiro atoms. The maximum Gasteiger partial charge on any atom is 0.335 e. The standard InChI is InChI=1S/C13H15NO3/c1-13(2,11(15)12(16)17-3)10-7-5-4-6-9(10)8-14/h4-7,11,15H,1-3H3. The Morgan fingerprint density at radius 2 is 2.06 bits per heavy atom. The summed E-state index contributed by atoms with van der Waals surface area (Å²) < 4.78 is 4.52. The monoisotopic (exact) mass is 233 g/mol. The lowest BCUT2D eigenvalue weighted by Crippen LogP contribution is -2.41. The van der Waals surface area contributed by atoms with Crippen molar-refractivity contribution >= 4 is 5.97 Å². The molecule has 90 valence electrons. The second kappa shape index (κ2) is 4.98. The molecule has 0 fully saturated rings. The molecular formula is C13H15NO3. The predicted octanol–water partition coefficient (Wildman–Crippen LogP) is 1.37. The van der Waals surface area contributed by atoms with Crippen molar-refractivity contribution in [3.8, 4) is 6.07 Å². The maximum absolute atomic E-state index is 11.4. The maximum atomic E-state index is 11.4. The van der Waals surface area contributed by atoms with Gasteiger partial charge in [0.05, 0.1) is 18.7 Å². The van der Waals surface area contributed by atoms with Crippen LogP contribution in [0.15, 0.2) is 24.3 Å².